The van der Waals surface area contributed by atoms with Crippen LogP contribution < -0.4 is 4.90 Å². The second-order valence-electron chi connectivity index (χ2n) is 4.34. The molecule has 1 saturated heterocycles. The third-order valence-electron chi connectivity index (χ3n) is 3.04. The van der Waals surface area contributed by atoms with Gasteiger partial charge in [-0.2, -0.15) is 13.2 Å². The Bertz CT molecular complexity index is 613. The Balaban J connectivity index is 2.53. The molecular weight excluding hydrogens is 289 g/mol. The van der Waals surface area contributed by atoms with Crippen molar-refractivity contribution in [2.75, 3.05) is 11.4 Å². The number of hydrogen-bond donors (Lipinski definition) is 0. The van der Waals surface area contributed by atoms with Crippen molar-refractivity contribution < 1.29 is 27.6 Å². The fraction of sp³-hybridized carbons (Fsp3) is 0.308. The predicted octanol–water partition coefficient (Wildman–Crippen LogP) is 2.41. The molecule has 0 unspecified atom stereocenters. The summed E-state index contributed by atoms with van der Waals surface area (Å²) in [5.74, 6) is -1.68. The minimum atomic E-state index is -4.71. The van der Waals surface area contributed by atoms with Crippen LogP contribution in [-0.4, -0.2) is 29.3 Å². The number of alkyl halides is 3. The molecule has 0 radical (unpaired) electrons. The minimum Gasteiger partial charge on any atom is -0.274 e. The second-order valence-corrected chi connectivity index (χ2v) is 4.34. The van der Waals surface area contributed by atoms with Gasteiger partial charge in [-0.15, -0.1) is 0 Å². The molecule has 21 heavy (non-hydrogen) atoms. The number of rotatable bonds is 2. The number of barbiturate groups is 1. The van der Waals surface area contributed by atoms with Crippen LogP contribution in [-0.2, 0) is 15.8 Å². The summed E-state index contributed by atoms with van der Waals surface area (Å²) in [6.45, 7) is 1.48. The van der Waals surface area contributed by atoms with E-state index in [1.807, 2.05) is 0 Å². The maximum absolute atomic E-state index is 13.0. The molecule has 1 aliphatic rings. The summed E-state index contributed by atoms with van der Waals surface area (Å²) in [6, 6.07) is 3.20. The van der Waals surface area contributed by atoms with E-state index in [4.69, 9.17) is 0 Å². The monoisotopic (exact) mass is 300 g/mol. The molecule has 1 heterocycles. The lowest BCUT2D eigenvalue weighted by Gasteiger charge is -2.33. The van der Waals surface area contributed by atoms with Crippen LogP contribution in [0.1, 0.15) is 18.9 Å². The Kier molecular flexibility index (Phi) is 3.71. The van der Waals surface area contributed by atoms with Crippen molar-refractivity contribution in [1.29, 1.82) is 0 Å². The van der Waals surface area contributed by atoms with Crippen LogP contribution >= 0.6 is 0 Å². The molecule has 0 N–H and O–H groups in total. The van der Waals surface area contributed by atoms with Crippen LogP contribution in [0.2, 0.25) is 0 Å². The first-order chi connectivity index (χ1) is 9.77. The number of nitrogens with zero attached hydrogens (tertiary/aromatic N) is 2. The van der Waals surface area contributed by atoms with Gasteiger partial charge in [0.1, 0.15) is 6.42 Å². The molecule has 0 bridgehead atoms. The summed E-state index contributed by atoms with van der Waals surface area (Å²) in [5.41, 5.74) is -1.66. The van der Waals surface area contributed by atoms with Crippen LogP contribution in [0.4, 0.5) is 23.7 Å². The largest absolute Gasteiger partial charge is 0.418 e. The number of hydrogen-bond acceptors (Lipinski definition) is 3. The maximum Gasteiger partial charge on any atom is 0.418 e. The molecule has 0 spiro atoms. The molecule has 112 valence electrons. The van der Waals surface area contributed by atoms with Crippen LogP contribution in [0.5, 0.6) is 0 Å². The molecule has 5 nitrogen and oxygen atoms in total. The number of carbonyl (C=O) groups excluding carboxylic acids is 3. The molecule has 0 saturated carbocycles. The fourth-order valence-corrected chi connectivity index (χ4v) is 2.10. The Morgan fingerprint density at radius 1 is 1.10 bits per heavy atom. The van der Waals surface area contributed by atoms with Crippen LogP contribution in [0, 0.1) is 0 Å². The SMILES string of the molecule is CCN1C(=O)CC(=O)N(c2ccccc2C(F)(F)F)C1=O. The minimum absolute atomic E-state index is 0.0182. The molecule has 0 aromatic heterocycles. The van der Waals surface area contributed by atoms with Crippen molar-refractivity contribution in [3.05, 3.63) is 29.8 Å². The van der Waals surface area contributed by atoms with Gasteiger partial charge in [-0.1, -0.05) is 12.1 Å². The molecule has 1 aromatic carbocycles. The molecule has 2 rings (SSSR count). The number of urea groups is 1. The highest BCUT2D eigenvalue weighted by Gasteiger charge is 2.42. The fourth-order valence-electron chi connectivity index (χ4n) is 2.10. The van der Waals surface area contributed by atoms with Gasteiger partial charge in [0.15, 0.2) is 0 Å². The Labute approximate surface area is 117 Å². The number of halogens is 3. The predicted molar refractivity (Wildman–Crippen MR) is 66.3 cm³/mol. The van der Waals surface area contributed by atoms with Crippen molar-refractivity contribution in [3.63, 3.8) is 0 Å². The number of para-hydroxylation sites is 1. The summed E-state index contributed by atoms with van der Waals surface area (Å²) < 4.78 is 39.0. The van der Waals surface area contributed by atoms with E-state index in [2.05, 4.69) is 0 Å². The lowest BCUT2D eigenvalue weighted by atomic mass is 10.1. The van der Waals surface area contributed by atoms with Crippen LogP contribution in [0.3, 0.4) is 0 Å². The summed E-state index contributed by atoms with van der Waals surface area (Å²) in [6.07, 6.45) is -5.35. The van der Waals surface area contributed by atoms with E-state index in [1.54, 1.807) is 0 Å². The number of benzene rings is 1. The first-order valence-corrected chi connectivity index (χ1v) is 6.11. The zero-order valence-electron chi connectivity index (χ0n) is 11.0. The number of amides is 4. The third-order valence-corrected chi connectivity index (χ3v) is 3.04. The zero-order chi connectivity index (χ0) is 15.8. The first kappa shape index (κ1) is 15.0. The first-order valence-electron chi connectivity index (χ1n) is 6.11. The van der Waals surface area contributed by atoms with Gasteiger partial charge in [0.25, 0.3) is 0 Å². The van der Waals surface area contributed by atoms with Crippen LogP contribution in [0.15, 0.2) is 24.3 Å². The lowest BCUT2D eigenvalue weighted by molar-refractivity contribution is -0.137. The summed E-state index contributed by atoms with van der Waals surface area (Å²) in [5, 5.41) is 0. The molecule has 1 aromatic rings. The third kappa shape index (κ3) is 2.61. The average molecular weight is 300 g/mol. The van der Waals surface area contributed by atoms with Crippen molar-refractivity contribution in [3.8, 4) is 0 Å². The molecular formula is C13H11F3N2O3. The van der Waals surface area contributed by atoms with Crippen molar-refractivity contribution in [1.82, 2.24) is 4.90 Å². The van der Waals surface area contributed by atoms with E-state index in [9.17, 15) is 27.6 Å². The lowest BCUT2D eigenvalue weighted by Crippen LogP contribution is -2.55. The van der Waals surface area contributed by atoms with Gasteiger partial charge in [-0.05, 0) is 19.1 Å². The van der Waals surface area contributed by atoms with Crippen molar-refractivity contribution >= 4 is 23.5 Å². The van der Waals surface area contributed by atoms with Gasteiger partial charge >= 0.3 is 12.2 Å². The van der Waals surface area contributed by atoms with Crippen molar-refractivity contribution in [2.24, 2.45) is 0 Å². The highest BCUT2D eigenvalue weighted by Crippen LogP contribution is 2.37. The van der Waals surface area contributed by atoms with Gasteiger partial charge in [-0.3, -0.25) is 14.5 Å². The van der Waals surface area contributed by atoms with Gasteiger partial charge in [0.2, 0.25) is 11.8 Å². The molecule has 8 heteroatoms. The van der Waals surface area contributed by atoms with Gasteiger partial charge in [0, 0.05) is 6.54 Å². The number of anilines is 1. The Morgan fingerprint density at radius 3 is 2.29 bits per heavy atom. The highest BCUT2D eigenvalue weighted by molar-refractivity contribution is 6.26. The summed E-state index contributed by atoms with van der Waals surface area (Å²) >= 11 is 0. The van der Waals surface area contributed by atoms with Crippen molar-refractivity contribution in [2.45, 2.75) is 19.5 Å². The van der Waals surface area contributed by atoms with E-state index in [-0.39, 0.29) is 6.54 Å². The van der Waals surface area contributed by atoms with E-state index in [0.717, 1.165) is 23.1 Å². The quantitative estimate of drug-likeness (QED) is 0.788. The molecule has 1 aliphatic heterocycles. The normalized spacial score (nSPS) is 16.7. The molecule has 0 atom stereocenters. The van der Waals surface area contributed by atoms with Gasteiger partial charge in [0.05, 0.1) is 11.3 Å². The van der Waals surface area contributed by atoms with Gasteiger partial charge < -0.3 is 0 Å². The molecule has 1 fully saturated rings. The average Bonchev–Trinajstić information content (AvgIpc) is 2.38. The number of imide groups is 2. The smallest absolute Gasteiger partial charge is 0.274 e. The highest BCUT2D eigenvalue weighted by atomic mass is 19.4. The Hall–Kier alpha value is -2.38. The topological polar surface area (TPSA) is 57.7 Å². The summed E-state index contributed by atoms with van der Waals surface area (Å²) in [4.78, 5) is 36.6. The van der Waals surface area contributed by atoms with Crippen LogP contribution in [0.25, 0.3) is 0 Å². The van der Waals surface area contributed by atoms with E-state index in [1.165, 1.54) is 13.0 Å². The Morgan fingerprint density at radius 2 is 1.71 bits per heavy atom. The van der Waals surface area contributed by atoms with E-state index in [0.29, 0.717) is 4.90 Å². The number of carbonyl (C=O) groups is 3. The molecule has 0 aliphatic carbocycles. The van der Waals surface area contributed by atoms with Gasteiger partial charge in [-0.25, -0.2) is 9.69 Å². The molecule has 4 amide bonds. The zero-order valence-corrected chi connectivity index (χ0v) is 11.0. The summed E-state index contributed by atoms with van der Waals surface area (Å²) in [7, 11) is 0. The van der Waals surface area contributed by atoms with E-state index >= 15 is 0 Å². The standard InChI is InChI=1S/C13H11F3N2O3/c1-2-17-10(19)7-11(20)18(12(17)21)9-6-4-3-5-8(9)13(14,15)16/h3-6H,2,7H2,1H3. The second kappa shape index (κ2) is 5.19. The maximum atomic E-state index is 13.0. The van der Waals surface area contributed by atoms with E-state index < -0.39 is 41.7 Å².